The number of fused-ring (bicyclic) bond motifs is 1. The molecule has 5 heteroatoms. The number of aliphatic hydroxyl groups is 1. The molecule has 0 spiro atoms. The van der Waals surface area contributed by atoms with Gasteiger partial charge in [0.25, 0.3) is 0 Å². The SMILES string of the molecule is O=c1oc2ccccc2n1CC(O)c1ccc(F)cc1. The topological polar surface area (TPSA) is 55.4 Å². The highest BCUT2D eigenvalue weighted by Gasteiger charge is 2.14. The minimum absolute atomic E-state index is 0.0570. The van der Waals surface area contributed by atoms with E-state index < -0.39 is 11.9 Å². The van der Waals surface area contributed by atoms with Crippen LogP contribution in [0.25, 0.3) is 11.1 Å². The highest BCUT2D eigenvalue weighted by Crippen LogP contribution is 2.18. The number of benzene rings is 2. The summed E-state index contributed by atoms with van der Waals surface area (Å²) in [6.07, 6.45) is -0.908. The quantitative estimate of drug-likeness (QED) is 0.797. The molecule has 0 aliphatic carbocycles. The second kappa shape index (κ2) is 4.94. The lowest BCUT2D eigenvalue weighted by atomic mass is 10.1. The van der Waals surface area contributed by atoms with E-state index in [9.17, 15) is 14.3 Å². The lowest BCUT2D eigenvalue weighted by Crippen LogP contribution is -2.18. The molecule has 0 aliphatic heterocycles. The van der Waals surface area contributed by atoms with Crippen LogP contribution in [-0.4, -0.2) is 9.67 Å². The smallest absolute Gasteiger partial charge is 0.408 e. The summed E-state index contributed by atoms with van der Waals surface area (Å²) in [5.74, 6) is -0.890. The minimum atomic E-state index is -0.908. The predicted octanol–water partition coefficient (Wildman–Crippen LogP) is 2.47. The molecule has 0 fully saturated rings. The lowest BCUT2D eigenvalue weighted by molar-refractivity contribution is 0.154. The molecule has 1 heterocycles. The molecule has 1 N–H and O–H groups in total. The van der Waals surface area contributed by atoms with Gasteiger partial charge in [-0.15, -0.1) is 0 Å². The number of nitrogens with zero attached hydrogens (tertiary/aromatic N) is 1. The van der Waals surface area contributed by atoms with E-state index in [2.05, 4.69) is 0 Å². The minimum Gasteiger partial charge on any atom is -0.408 e. The zero-order chi connectivity index (χ0) is 14.1. The Hall–Kier alpha value is -2.40. The van der Waals surface area contributed by atoms with Gasteiger partial charge < -0.3 is 9.52 Å². The Morgan fingerprint density at radius 3 is 2.60 bits per heavy atom. The van der Waals surface area contributed by atoms with Crippen molar-refractivity contribution in [1.29, 1.82) is 0 Å². The number of hydrogen-bond donors (Lipinski definition) is 1. The number of hydrogen-bond acceptors (Lipinski definition) is 3. The normalized spacial score (nSPS) is 12.7. The number of rotatable bonds is 3. The van der Waals surface area contributed by atoms with Crippen LogP contribution in [-0.2, 0) is 6.54 Å². The average Bonchev–Trinajstić information content (AvgIpc) is 2.76. The number of para-hydroxylation sites is 2. The first-order valence-corrected chi connectivity index (χ1v) is 6.17. The van der Waals surface area contributed by atoms with Crippen molar-refractivity contribution in [2.75, 3.05) is 0 Å². The maximum atomic E-state index is 12.8. The van der Waals surface area contributed by atoms with Crippen LogP contribution in [0.2, 0.25) is 0 Å². The van der Waals surface area contributed by atoms with Crippen LogP contribution in [0.4, 0.5) is 4.39 Å². The van der Waals surface area contributed by atoms with Crippen LogP contribution in [0, 0.1) is 5.82 Å². The molecule has 0 radical (unpaired) electrons. The largest absolute Gasteiger partial charge is 0.420 e. The number of aromatic nitrogens is 1. The maximum absolute atomic E-state index is 12.8. The molecule has 0 saturated heterocycles. The second-order valence-corrected chi connectivity index (χ2v) is 4.51. The van der Waals surface area contributed by atoms with Gasteiger partial charge in [-0.25, -0.2) is 9.18 Å². The zero-order valence-electron chi connectivity index (χ0n) is 10.5. The molecule has 3 aromatic rings. The summed E-state index contributed by atoms with van der Waals surface area (Å²) in [6.45, 7) is 0.0570. The summed E-state index contributed by atoms with van der Waals surface area (Å²) in [4.78, 5) is 11.8. The fraction of sp³-hybridized carbons (Fsp3) is 0.133. The Morgan fingerprint density at radius 2 is 1.85 bits per heavy atom. The molecule has 1 unspecified atom stereocenters. The van der Waals surface area contributed by atoms with Gasteiger partial charge in [0.2, 0.25) is 0 Å². The molecular weight excluding hydrogens is 261 g/mol. The second-order valence-electron chi connectivity index (χ2n) is 4.51. The van der Waals surface area contributed by atoms with Crippen molar-refractivity contribution in [3.05, 3.63) is 70.5 Å². The Morgan fingerprint density at radius 1 is 1.15 bits per heavy atom. The van der Waals surface area contributed by atoms with Gasteiger partial charge in [-0.2, -0.15) is 0 Å². The van der Waals surface area contributed by atoms with E-state index in [1.165, 1.54) is 28.8 Å². The van der Waals surface area contributed by atoms with Gasteiger partial charge in [-0.05, 0) is 29.8 Å². The third kappa shape index (κ3) is 2.23. The van der Waals surface area contributed by atoms with Gasteiger partial charge in [0, 0.05) is 0 Å². The Labute approximate surface area is 113 Å². The van der Waals surface area contributed by atoms with Crippen molar-refractivity contribution in [3.63, 3.8) is 0 Å². The van der Waals surface area contributed by atoms with Crippen LogP contribution < -0.4 is 5.76 Å². The summed E-state index contributed by atoms with van der Waals surface area (Å²) < 4.78 is 19.3. The molecule has 1 aromatic heterocycles. The monoisotopic (exact) mass is 273 g/mol. The van der Waals surface area contributed by atoms with Crippen molar-refractivity contribution in [2.45, 2.75) is 12.6 Å². The van der Waals surface area contributed by atoms with E-state index in [4.69, 9.17) is 4.42 Å². The fourth-order valence-corrected chi connectivity index (χ4v) is 2.15. The zero-order valence-corrected chi connectivity index (χ0v) is 10.5. The number of oxazole rings is 1. The molecular formula is C15H12FNO3. The molecule has 0 saturated carbocycles. The first-order valence-electron chi connectivity index (χ1n) is 6.17. The summed E-state index contributed by atoms with van der Waals surface area (Å²) in [5.41, 5.74) is 1.64. The van der Waals surface area contributed by atoms with E-state index >= 15 is 0 Å². The third-order valence-electron chi connectivity index (χ3n) is 3.18. The predicted molar refractivity (Wildman–Crippen MR) is 71.8 cm³/mol. The highest BCUT2D eigenvalue weighted by molar-refractivity contribution is 5.72. The van der Waals surface area contributed by atoms with E-state index in [0.717, 1.165) is 0 Å². The van der Waals surface area contributed by atoms with E-state index in [1.807, 2.05) is 0 Å². The van der Waals surface area contributed by atoms with Crippen LogP contribution >= 0.6 is 0 Å². The van der Waals surface area contributed by atoms with E-state index in [1.54, 1.807) is 24.3 Å². The van der Waals surface area contributed by atoms with Crippen molar-refractivity contribution in [3.8, 4) is 0 Å². The van der Waals surface area contributed by atoms with Gasteiger partial charge >= 0.3 is 5.76 Å². The summed E-state index contributed by atoms with van der Waals surface area (Å²) in [7, 11) is 0. The molecule has 4 nitrogen and oxygen atoms in total. The van der Waals surface area contributed by atoms with E-state index in [-0.39, 0.29) is 12.4 Å². The van der Waals surface area contributed by atoms with Crippen LogP contribution in [0.1, 0.15) is 11.7 Å². The van der Waals surface area contributed by atoms with Crippen molar-refractivity contribution in [1.82, 2.24) is 4.57 Å². The molecule has 2 aromatic carbocycles. The molecule has 0 aliphatic rings. The van der Waals surface area contributed by atoms with Crippen molar-refractivity contribution >= 4 is 11.1 Å². The summed E-state index contributed by atoms with van der Waals surface area (Å²) in [5, 5.41) is 10.1. The third-order valence-corrected chi connectivity index (χ3v) is 3.18. The van der Waals surface area contributed by atoms with Crippen molar-refractivity contribution < 1.29 is 13.9 Å². The van der Waals surface area contributed by atoms with Crippen LogP contribution in [0.3, 0.4) is 0 Å². The standard InChI is InChI=1S/C15H12FNO3/c16-11-7-5-10(6-8-11)13(18)9-17-12-3-1-2-4-14(12)20-15(17)19/h1-8,13,18H,9H2. The van der Waals surface area contributed by atoms with Gasteiger partial charge in [-0.1, -0.05) is 24.3 Å². The number of halogens is 1. The Kier molecular flexibility index (Phi) is 3.12. The van der Waals surface area contributed by atoms with Crippen molar-refractivity contribution in [2.24, 2.45) is 0 Å². The average molecular weight is 273 g/mol. The summed E-state index contributed by atoms with van der Waals surface area (Å²) in [6, 6.07) is 12.5. The molecule has 0 bridgehead atoms. The van der Waals surface area contributed by atoms with Crippen LogP contribution in [0.5, 0.6) is 0 Å². The number of aliphatic hydroxyl groups excluding tert-OH is 1. The maximum Gasteiger partial charge on any atom is 0.420 e. The molecule has 0 amide bonds. The molecule has 1 atom stereocenters. The fourth-order valence-electron chi connectivity index (χ4n) is 2.15. The van der Waals surface area contributed by atoms with E-state index in [0.29, 0.717) is 16.7 Å². The highest BCUT2D eigenvalue weighted by atomic mass is 19.1. The summed E-state index contributed by atoms with van der Waals surface area (Å²) >= 11 is 0. The lowest BCUT2D eigenvalue weighted by Gasteiger charge is -2.11. The van der Waals surface area contributed by atoms with Gasteiger partial charge in [0.15, 0.2) is 5.58 Å². The van der Waals surface area contributed by atoms with Gasteiger partial charge in [0.1, 0.15) is 5.82 Å². The van der Waals surface area contributed by atoms with Crippen LogP contribution in [0.15, 0.2) is 57.7 Å². The first-order chi connectivity index (χ1) is 9.65. The molecule has 3 rings (SSSR count). The Balaban J connectivity index is 1.95. The first kappa shape index (κ1) is 12.6. The van der Waals surface area contributed by atoms with Gasteiger partial charge in [0.05, 0.1) is 18.2 Å². The molecule has 102 valence electrons. The van der Waals surface area contributed by atoms with Gasteiger partial charge in [-0.3, -0.25) is 4.57 Å². The Bertz CT molecular complexity index is 789. The molecule has 20 heavy (non-hydrogen) atoms.